The Balaban J connectivity index is 2.72. The van der Waals surface area contributed by atoms with Crippen molar-refractivity contribution in [3.05, 3.63) is 46.8 Å². The number of halogens is 2. The lowest BCUT2D eigenvalue weighted by atomic mass is 9.98. The van der Waals surface area contributed by atoms with E-state index in [4.69, 9.17) is 11.6 Å². The highest BCUT2D eigenvalue weighted by atomic mass is 35.5. The Morgan fingerprint density at radius 3 is 2.74 bits per heavy atom. The van der Waals surface area contributed by atoms with Crippen LogP contribution in [-0.4, -0.2) is 12.6 Å². The van der Waals surface area contributed by atoms with Crippen molar-refractivity contribution < 1.29 is 4.39 Å². The molecule has 0 aliphatic heterocycles. The minimum Gasteiger partial charge on any atom is -0.313 e. The van der Waals surface area contributed by atoms with E-state index in [1.54, 1.807) is 6.07 Å². The predicted octanol–water partition coefficient (Wildman–Crippen LogP) is 4.75. The van der Waals surface area contributed by atoms with Gasteiger partial charge in [-0.1, -0.05) is 43.7 Å². The van der Waals surface area contributed by atoms with Gasteiger partial charge in [0.05, 0.1) is 0 Å². The summed E-state index contributed by atoms with van der Waals surface area (Å²) in [5.41, 5.74) is 2.22. The Morgan fingerprint density at radius 2 is 2.16 bits per heavy atom. The molecule has 0 aromatic heterocycles. The normalized spacial score (nSPS) is 12.4. The summed E-state index contributed by atoms with van der Waals surface area (Å²) in [5.74, 6) is -0.287. The van der Waals surface area contributed by atoms with Gasteiger partial charge in [-0.25, -0.2) is 4.39 Å². The second kappa shape index (κ2) is 8.34. The maximum absolute atomic E-state index is 13.0. The molecule has 0 heterocycles. The third-order valence-electron chi connectivity index (χ3n) is 3.20. The molecular formula is C16H23ClFN. The highest BCUT2D eigenvalue weighted by Crippen LogP contribution is 2.21. The lowest BCUT2D eigenvalue weighted by Crippen LogP contribution is -2.32. The molecule has 0 radical (unpaired) electrons. The zero-order chi connectivity index (χ0) is 14.3. The first-order valence-electron chi connectivity index (χ1n) is 6.90. The molecule has 0 aliphatic carbocycles. The van der Waals surface area contributed by atoms with Gasteiger partial charge in [0.15, 0.2) is 0 Å². The minimum absolute atomic E-state index is 0.287. The molecule has 1 N–H and O–H groups in total. The molecule has 0 aliphatic rings. The van der Waals surface area contributed by atoms with E-state index < -0.39 is 0 Å². The van der Waals surface area contributed by atoms with Crippen LogP contribution in [0.1, 0.15) is 38.7 Å². The number of hydrogen-bond acceptors (Lipinski definition) is 1. The smallest absolute Gasteiger partial charge is 0.124 e. The highest BCUT2D eigenvalue weighted by Gasteiger charge is 2.12. The summed E-state index contributed by atoms with van der Waals surface area (Å²) in [6.45, 7) is 9.30. The Hall–Kier alpha value is -0.860. The van der Waals surface area contributed by atoms with Gasteiger partial charge in [-0.2, -0.15) is 0 Å². The van der Waals surface area contributed by atoms with Gasteiger partial charge >= 0.3 is 0 Å². The van der Waals surface area contributed by atoms with Crippen molar-refractivity contribution in [3.8, 4) is 0 Å². The molecule has 1 aromatic rings. The van der Waals surface area contributed by atoms with Crippen LogP contribution in [0.15, 0.2) is 30.4 Å². The molecule has 19 heavy (non-hydrogen) atoms. The third-order valence-corrected chi connectivity index (χ3v) is 3.55. The maximum Gasteiger partial charge on any atom is 0.124 e. The summed E-state index contributed by atoms with van der Waals surface area (Å²) in [6.07, 6.45) is 3.82. The zero-order valence-electron chi connectivity index (χ0n) is 11.8. The van der Waals surface area contributed by atoms with Gasteiger partial charge in [0.2, 0.25) is 0 Å². The summed E-state index contributed by atoms with van der Waals surface area (Å²) in [7, 11) is 0. The molecule has 3 heteroatoms. The molecule has 0 bridgehead atoms. The van der Waals surface area contributed by atoms with Crippen molar-refractivity contribution in [2.24, 2.45) is 0 Å². The summed E-state index contributed by atoms with van der Waals surface area (Å²) >= 11 is 6.09. The number of rotatable bonds is 8. The van der Waals surface area contributed by atoms with Gasteiger partial charge in [0, 0.05) is 11.1 Å². The molecule has 0 spiro atoms. The molecule has 0 saturated carbocycles. The first-order chi connectivity index (χ1) is 9.06. The summed E-state index contributed by atoms with van der Waals surface area (Å²) < 4.78 is 13.0. The number of nitrogens with one attached hydrogen (secondary N) is 1. The van der Waals surface area contributed by atoms with E-state index in [-0.39, 0.29) is 5.82 Å². The van der Waals surface area contributed by atoms with Gasteiger partial charge in [-0.05, 0) is 49.9 Å². The SMILES string of the molecule is C=C(CC)CC(Cc1ccc(F)cc1Cl)NCCC. The summed E-state index contributed by atoms with van der Waals surface area (Å²) in [5, 5.41) is 4.02. The fourth-order valence-corrected chi connectivity index (χ4v) is 2.25. The molecule has 1 nitrogen and oxygen atoms in total. The average Bonchev–Trinajstić information content (AvgIpc) is 2.38. The Morgan fingerprint density at radius 1 is 1.42 bits per heavy atom. The Kier molecular flexibility index (Phi) is 7.11. The van der Waals surface area contributed by atoms with Crippen molar-refractivity contribution in [2.75, 3.05) is 6.54 Å². The quantitative estimate of drug-likeness (QED) is 0.679. The van der Waals surface area contributed by atoms with Crippen molar-refractivity contribution in [1.29, 1.82) is 0 Å². The summed E-state index contributed by atoms with van der Waals surface area (Å²) in [4.78, 5) is 0. The molecule has 106 valence electrons. The topological polar surface area (TPSA) is 12.0 Å². The van der Waals surface area contributed by atoms with Crippen LogP contribution in [-0.2, 0) is 6.42 Å². The van der Waals surface area contributed by atoms with E-state index in [1.807, 2.05) is 0 Å². The zero-order valence-corrected chi connectivity index (χ0v) is 12.6. The van der Waals surface area contributed by atoms with E-state index in [9.17, 15) is 4.39 Å². The van der Waals surface area contributed by atoms with E-state index >= 15 is 0 Å². The predicted molar refractivity (Wildman–Crippen MR) is 81.2 cm³/mol. The molecule has 1 rings (SSSR count). The van der Waals surface area contributed by atoms with Crippen molar-refractivity contribution in [1.82, 2.24) is 5.32 Å². The van der Waals surface area contributed by atoms with Crippen LogP contribution in [0.3, 0.4) is 0 Å². The molecule has 1 aromatic carbocycles. The fraction of sp³-hybridized carbons (Fsp3) is 0.500. The highest BCUT2D eigenvalue weighted by molar-refractivity contribution is 6.31. The van der Waals surface area contributed by atoms with Crippen molar-refractivity contribution in [2.45, 2.75) is 45.6 Å². The van der Waals surface area contributed by atoms with Crippen LogP contribution in [0.25, 0.3) is 0 Å². The van der Waals surface area contributed by atoms with Crippen LogP contribution in [0.4, 0.5) is 4.39 Å². The van der Waals surface area contributed by atoms with E-state index in [2.05, 4.69) is 25.7 Å². The lowest BCUT2D eigenvalue weighted by molar-refractivity contribution is 0.499. The van der Waals surface area contributed by atoms with Gasteiger partial charge in [-0.15, -0.1) is 0 Å². The molecule has 1 atom stereocenters. The monoisotopic (exact) mass is 283 g/mol. The molecule has 1 unspecified atom stereocenters. The third kappa shape index (κ3) is 5.75. The fourth-order valence-electron chi connectivity index (χ4n) is 2.01. The van der Waals surface area contributed by atoms with Crippen LogP contribution in [0, 0.1) is 5.82 Å². The molecule has 0 saturated heterocycles. The average molecular weight is 284 g/mol. The maximum atomic E-state index is 13.0. The molecule has 0 amide bonds. The van der Waals surface area contributed by atoms with Gasteiger partial charge < -0.3 is 5.32 Å². The van der Waals surface area contributed by atoms with E-state index in [1.165, 1.54) is 17.7 Å². The largest absolute Gasteiger partial charge is 0.313 e. The van der Waals surface area contributed by atoms with Crippen LogP contribution in [0.2, 0.25) is 5.02 Å². The lowest BCUT2D eigenvalue weighted by Gasteiger charge is -2.20. The minimum atomic E-state index is -0.287. The van der Waals surface area contributed by atoms with Crippen molar-refractivity contribution >= 4 is 11.6 Å². The van der Waals surface area contributed by atoms with E-state index in [0.29, 0.717) is 11.1 Å². The second-order valence-corrected chi connectivity index (χ2v) is 5.31. The van der Waals surface area contributed by atoms with Gasteiger partial charge in [0.25, 0.3) is 0 Å². The standard InChI is InChI=1S/C16H23ClFN/c1-4-8-19-15(9-12(3)5-2)10-13-6-7-14(18)11-16(13)17/h6-7,11,15,19H,3-5,8-10H2,1-2H3. The first-order valence-corrected chi connectivity index (χ1v) is 7.28. The first kappa shape index (κ1) is 16.2. The Labute approximate surface area is 120 Å². The second-order valence-electron chi connectivity index (χ2n) is 4.90. The van der Waals surface area contributed by atoms with Gasteiger partial charge in [0.1, 0.15) is 5.82 Å². The van der Waals surface area contributed by atoms with E-state index in [0.717, 1.165) is 37.8 Å². The summed E-state index contributed by atoms with van der Waals surface area (Å²) in [6, 6.07) is 4.93. The molecule has 0 fully saturated rings. The van der Waals surface area contributed by atoms with Crippen LogP contribution >= 0.6 is 11.6 Å². The molecular weight excluding hydrogens is 261 g/mol. The number of benzene rings is 1. The van der Waals surface area contributed by atoms with Crippen LogP contribution in [0.5, 0.6) is 0 Å². The Bertz CT molecular complexity index is 417. The van der Waals surface area contributed by atoms with Gasteiger partial charge in [-0.3, -0.25) is 0 Å². The van der Waals surface area contributed by atoms with Crippen molar-refractivity contribution in [3.63, 3.8) is 0 Å². The van der Waals surface area contributed by atoms with Crippen LogP contribution < -0.4 is 5.32 Å². The number of hydrogen-bond donors (Lipinski definition) is 1.